The molecule has 4 nitrogen and oxygen atoms in total. The Bertz CT molecular complexity index is 573. The maximum absolute atomic E-state index is 12.1. The van der Waals surface area contributed by atoms with Crippen molar-refractivity contribution in [3.8, 4) is 11.5 Å². The van der Waals surface area contributed by atoms with Crippen LogP contribution < -0.4 is 9.47 Å². The van der Waals surface area contributed by atoms with Gasteiger partial charge in [-0.1, -0.05) is 47.6 Å². The van der Waals surface area contributed by atoms with Crippen molar-refractivity contribution in [1.29, 1.82) is 0 Å². The average Bonchev–Trinajstić information content (AvgIpc) is 2.45. The van der Waals surface area contributed by atoms with Gasteiger partial charge in [0.05, 0.1) is 0 Å². The molecular formula is C21H32O4. The summed E-state index contributed by atoms with van der Waals surface area (Å²) in [5.41, 5.74) is 1.07. The Kier molecular flexibility index (Phi) is 8.67. The van der Waals surface area contributed by atoms with Gasteiger partial charge in [-0.3, -0.25) is 9.59 Å². The minimum atomic E-state index is -0.314. The van der Waals surface area contributed by atoms with Gasteiger partial charge in [-0.25, -0.2) is 0 Å². The Morgan fingerprint density at radius 3 is 1.80 bits per heavy atom. The molecule has 0 heterocycles. The molecule has 0 aliphatic carbocycles. The highest BCUT2D eigenvalue weighted by molar-refractivity contribution is 5.76. The van der Waals surface area contributed by atoms with Crippen LogP contribution in [0, 0.1) is 17.8 Å². The summed E-state index contributed by atoms with van der Waals surface area (Å²) in [5, 5.41) is 0. The predicted molar refractivity (Wildman–Crippen MR) is 99.8 cm³/mol. The number of rotatable bonds is 9. The SMILES string of the molecule is CC(C)CCc1ccc(OC(=O)CC(C)C)c(OC(=O)CC(C)C)c1. The summed E-state index contributed by atoms with van der Waals surface area (Å²) in [6, 6.07) is 5.48. The number of esters is 2. The second-order valence-electron chi connectivity index (χ2n) is 7.86. The minimum absolute atomic E-state index is 0.212. The maximum Gasteiger partial charge on any atom is 0.311 e. The molecule has 0 N–H and O–H groups in total. The van der Waals surface area contributed by atoms with E-state index in [1.54, 1.807) is 6.07 Å². The lowest BCUT2D eigenvalue weighted by Gasteiger charge is -2.14. The van der Waals surface area contributed by atoms with E-state index in [2.05, 4.69) is 13.8 Å². The molecule has 1 aromatic rings. The van der Waals surface area contributed by atoms with Crippen molar-refractivity contribution in [1.82, 2.24) is 0 Å². The maximum atomic E-state index is 12.1. The van der Waals surface area contributed by atoms with E-state index in [1.807, 2.05) is 39.8 Å². The van der Waals surface area contributed by atoms with Gasteiger partial charge in [-0.15, -0.1) is 0 Å². The summed E-state index contributed by atoms with van der Waals surface area (Å²) in [6.07, 6.45) is 2.60. The average molecular weight is 348 g/mol. The van der Waals surface area contributed by atoms with E-state index in [0.29, 0.717) is 30.3 Å². The summed E-state index contributed by atoms with van der Waals surface area (Å²) in [6.45, 7) is 12.2. The summed E-state index contributed by atoms with van der Waals surface area (Å²) in [7, 11) is 0. The van der Waals surface area contributed by atoms with Gasteiger partial charge in [0.2, 0.25) is 0 Å². The molecule has 0 amide bonds. The molecule has 0 saturated carbocycles. The van der Waals surface area contributed by atoms with Crippen LogP contribution in [0.2, 0.25) is 0 Å². The molecule has 0 radical (unpaired) electrons. The molecule has 0 aromatic heterocycles. The molecule has 1 aromatic carbocycles. The van der Waals surface area contributed by atoms with Gasteiger partial charge in [0, 0.05) is 12.8 Å². The Morgan fingerprint density at radius 1 is 0.800 bits per heavy atom. The van der Waals surface area contributed by atoms with E-state index in [4.69, 9.17) is 9.47 Å². The molecule has 0 atom stereocenters. The van der Waals surface area contributed by atoms with Gasteiger partial charge in [0.25, 0.3) is 0 Å². The molecule has 0 aliphatic rings. The third kappa shape index (κ3) is 8.71. The number of ether oxygens (including phenoxy) is 2. The topological polar surface area (TPSA) is 52.6 Å². The normalized spacial score (nSPS) is 11.2. The molecule has 25 heavy (non-hydrogen) atoms. The van der Waals surface area contributed by atoms with E-state index < -0.39 is 0 Å². The van der Waals surface area contributed by atoms with Crippen LogP contribution in [0.4, 0.5) is 0 Å². The molecule has 140 valence electrons. The lowest BCUT2D eigenvalue weighted by atomic mass is 10.0. The zero-order valence-corrected chi connectivity index (χ0v) is 16.4. The van der Waals surface area contributed by atoms with Gasteiger partial charge < -0.3 is 9.47 Å². The first kappa shape index (κ1) is 21.2. The first-order chi connectivity index (χ1) is 11.7. The van der Waals surface area contributed by atoms with Crippen LogP contribution in [0.3, 0.4) is 0 Å². The number of aryl methyl sites for hydroxylation is 1. The van der Waals surface area contributed by atoms with E-state index in [0.717, 1.165) is 18.4 Å². The fraction of sp³-hybridized carbons (Fsp3) is 0.619. The minimum Gasteiger partial charge on any atom is -0.423 e. The number of carbonyl (C=O) groups is 2. The number of carbonyl (C=O) groups excluding carboxylic acids is 2. The monoisotopic (exact) mass is 348 g/mol. The van der Waals surface area contributed by atoms with Crippen molar-refractivity contribution in [2.75, 3.05) is 0 Å². The molecule has 1 rings (SSSR count). The molecule has 4 heteroatoms. The summed E-state index contributed by atoms with van der Waals surface area (Å²) >= 11 is 0. The van der Waals surface area contributed by atoms with Crippen LogP contribution in [0.5, 0.6) is 11.5 Å². The van der Waals surface area contributed by atoms with Gasteiger partial charge in [-0.2, -0.15) is 0 Å². The van der Waals surface area contributed by atoms with E-state index in [-0.39, 0.29) is 23.8 Å². The van der Waals surface area contributed by atoms with Crippen LogP contribution in [0.25, 0.3) is 0 Å². The van der Waals surface area contributed by atoms with Crippen LogP contribution in [0.15, 0.2) is 18.2 Å². The molecule has 0 aliphatic heterocycles. The van der Waals surface area contributed by atoms with E-state index in [1.165, 1.54) is 0 Å². The second-order valence-corrected chi connectivity index (χ2v) is 7.86. The van der Waals surface area contributed by atoms with Gasteiger partial charge in [0.1, 0.15) is 0 Å². The van der Waals surface area contributed by atoms with E-state index in [9.17, 15) is 9.59 Å². The fourth-order valence-corrected chi connectivity index (χ4v) is 2.32. The Balaban J connectivity index is 2.95. The summed E-state index contributed by atoms with van der Waals surface area (Å²) in [5.74, 6) is 1.05. The van der Waals surface area contributed by atoms with Crippen molar-refractivity contribution in [3.63, 3.8) is 0 Å². The Labute approximate surface area is 151 Å². The molecule has 0 fully saturated rings. The largest absolute Gasteiger partial charge is 0.423 e. The van der Waals surface area contributed by atoms with Crippen LogP contribution in [-0.2, 0) is 16.0 Å². The molecule has 0 bridgehead atoms. The van der Waals surface area contributed by atoms with Gasteiger partial charge in [0.15, 0.2) is 11.5 Å². The van der Waals surface area contributed by atoms with Gasteiger partial charge in [-0.05, 0) is 48.3 Å². The quantitative estimate of drug-likeness (QED) is 0.456. The zero-order chi connectivity index (χ0) is 19.0. The highest BCUT2D eigenvalue weighted by Gasteiger charge is 2.16. The highest BCUT2D eigenvalue weighted by Crippen LogP contribution is 2.30. The first-order valence-electron chi connectivity index (χ1n) is 9.21. The Morgan fingerprint density at radius 2 is 1.32 bits per heavy atom. The number of benzene rings is 1. The Hall–Kier alpha value is -1.84. The van der Waals surface area contributed by atoms with Crippen molar-refractivity contribution in [2.45, 2.75) is 67.2 Å². The van der Waals surface area contributed by atoms with Crippen LogP contribution in [-0.4, -0.2) is 11.9 Å². The van der Waals surface area contributed by atoms with Crippen LogP contribution >= 0.6 is 0 Å². The molecule has 0 unspecified atom stereocenters. The zero-order valence-electron chi connectivity index (χ0n) is 16.4. The smallest absolute Gasteiger partial charge is 0.311 e. The lowest BCUT2D eigenvalue weighted by Crippen LogP contribution is -2.15. The summed E-state index contributed by atoms with van der Waals surface area (Å²) in [4.78, 5) is 24.0. The van der Waals surface area contributed by atoms with E-state index >= 15 is 0 Å². The summed E-state index contributed by atoms with van der Waals surface area (Å²) < 4.78 is 10.9. The number of hydrogen-bond donors (Lipinski definition) is 0. The number of hydrogen-bond acceptors (Lipinski definition) is 4. The van der Waals surface area contributed by atoms with Crippen molar-refractivity contribution in [2.24, 2.45) is 17.8 Å². The third-order valence-corrected chi connectivity index (χ3v) is 3.62. The molecule has 0 spiro atoms. The third-order valence-electron chi connectivity index (χ3n) is 3.62. The standard InChI is InChI=1S/C21H32O4/c1-14(2)7-8-17-9-10-18(24-20(22)11-15(3)4)19(13-17)25-21(23)12-16(5)6/h9-10,13-16H,7-8,11-12H2,1-6H3. The van der Waals surface area contributed by atoms with Gasteiger partial charge >= 0.3 is 11.9 Å². The van der Waals surface area contributed by atoms with Crippen molar-refractivity contribution >= 4 is 11.9 Å². The van der Waals surface area contributed by atoms with Crippen molar-refractivity contribution in [3.05, 3.63) is 23.8 Å². The van der Waals surface area contributed by atoms with Crippen molar-refractivity contribution < 1.29 is 19.1 Å². The predicted octanol–water partition coefficient (Wildman–Crippen LogP) is 5.18. The second kappa shape index (κ2) is 10.2. The fourth-order valence-electron chi connectivity index (χ4n) is 2.32. The first-order valence-corrected chi connectivity index (χ1v) is 9.21. The molecule has 0 saturated heterocycles. The molecular weight excluding hydrogens is 316 g/mol. The highest BCUT2D eigenvalue weighted by atomic mass is 16.6. The van der Waals surface area contributed by atoms with Crippen LogP contribution in [0.1, 0.15) is 66.4 Å². The lowest BCUT2D eigenvalue weighted by molar-refractivity contribution is -0.138.